The Labute approximate surface area is 195 Å². The predicted octanol–water partition coefficient (Wildman–Crippen LogP) is 4.66. The van der Waals surface area contributed by atoms with Gasteiger partial charge in [-0.3, -0.25) is 0 Å². The predicted molar refractivity (Wildman–Crippen MR) is 128 cm³/mol. The van der Waals surface area contributed by atoms with Gasteiger partial charge in [0, 0.05) is 19.1 Å². The number of nitrogens with zero attached hydrogens (tertiary/aromatic N) is 1. The summed E-state index contributed by atoms with van der Waals surface area (Å²) in [5, 5.41) is 13.2. The van der Waals surface area contributed by atoms with Crippen molar-refractivity contribution >= 4 is 20.5 Å². The van der Waals surface area contributed by atoms with Gasteiger partial charge in [-0.05, 0) is 72.5 Å². The van der Waals surface area contributed by atoms with E-state index in [4.69, 9.17) is 13.9 Å². The summed E-state index contributed by atoms with van der Waals surface area (Å²) >= 11 is 0. The molecule has 1 heterocycles. The first kappa shape index (κ1) is 28.7. The van der Waals surface area contributed by atoms with Gasteiger partial charge in [0.2, 0.25) is 0 Å². The van der Waals surface area contributed by atoms with E-state index in [0.717, 1.165) is 0 Å². The summed E-state index contributed by atoms with van der Waals surface area (Å²) in [6.45, 7) is 22.2. The van der Waals surface area contributed by atoms with E-state index in [9.17, 15) is 14.7 Å². The average Bonchev–Trinajstić information content (AvgIpc) is 2.90. The maximum Gasteiger partial charge on any atom is 0.410 e. The number of rotatable bonds is 6. The standard InChI is InChI=1S/C23H46N2O6Si/c1-21(2,3)29-19(27)24-14-17(26)12-16-13-18(31-32(10,11)23(7,8)9)15-25(16)20(28)30-22(4,5)6/h16-18,26H,12-15H2,1-11H3,(H,24,27)/t16-,17-,18-/m1/s1. The molecule has 0 aromatic carbocycles. The Morgan fingerprint density at radius 2 is 1.56 bits per heavy atom. The number of alkyl carbamates (subject to hydrolysis) is 1. The number of hydrogen-bond acceptors (Lipinski definition) is 6. The van der Waals surface area contributed by atoms with E-state index in [0.29, 0.717) is 19.4 Å². The highest BCUT2D eigenvalue weighted by Gasteiger charge is 2.44. The number of carbonyl (C=O) groups excluding carboxylic acids is 2. The van der Waals surface area contributed by atoms with Crippen molar-refractivity contribution in [2.75, 3.05) is 13.1 Å². The van der Waals surface area contributed by atoms with Crippen molar-refractivity contribution in [2.24, 2.45) is 0 Å². The molecule has 8 nitrogen and oxygen atoms in total. The van der Waals surface area contributed by atoms with E-state index in [1.165, 1.54) is 0 Å². The number of likely N-dealkylation sites (tertiary alicyclic amines) is 1. The lowest BCUT2D eigenvalue weighted by Gasteiger charge is -2.38. The van der Waals surface area contributed by atoms with E-state index in [1.807, 2.05) is 20.8 Å². The van der Waals surface area contributed by atoms with Crippen molar-refractivity contribution in [3.63, 3.8) is 0 Å². The summed E-state index contributed by atoms with van der Waals surface area (Å²) in [6.07, 6.45) is -0.993. The molecule has 32 heavy (non-hydrogen) atoms. The van der Waals surface area contributed by atoms with Gasteiger partial charge in [0.1, 0.15) is 11.2 Å². The summed E-state index contributed by atoms with van der Waals surface area (Å²) < 4.78 is 17.4. The molecule has 3 atom stereocenters. The lowest BCUT2D eigenvalue weighted by Crippen LogP contribution is -2.45. The molecular weight excluding hydrogens is 428 g/mol. The Balaban J connectivity index is 2.84. The van der Waals surface area contributed by atoms with Crippen molar-refractivity contribution in [2.45, 2.75) is 123 Å². The van der Waals surface area contributed by atoms with Gasteiger partial charge < -0.3 is 29.2 Å². The Bertz CT molecular complexity index is 648. The average molecular weight is 475 g/mol. The first-order chi connectivity index (χ1) is 14.2. The summed E-state index contributed by atoms with van der Waals surface area (Å²) in [4.78, 5) is 26.4. The lowest BCUT2D eigenvalue weighted by atomic mass is 10.1. The number of nitrogens with one attached hydrogen (secondary N) is 1. The van der Waals surface area contributed by atoms with E-state index < -0.39 is 37.8 Å². The second-order valence-corrected chi connectivity index (χ2v) is 17.1. The molecule has 0 aromatic heterocycles. The minimum Gasteiger partial charge on any atom is -0.444 e. The third-order valence-corrected chi connectivity index (χ3v) is 10.2. The van der Waals surface area contributed by atoms with Gasteiger partial charge in [0.15, 0.2) is 8.32 Å². The van der Waals surface area contributed by atoms with E-state index in [2.05, 4.69) is 39.2 Å². The van der Waals surface area contributed by atoms with Crippen LogP contribution in [0.15, 0.2) is 0 Å². The molecule has 1 aliphatic heterocycles. The molecule has 0 unspecified atom stereocenters. The second-order valence-electron chi connectivity index (χ2n) is 12.3. The fourth-order valence-corrected chi connectivity index (χ4v) is 4.59. The van der Waals surface area contributed by atoms with Gasteiger partial charge in [-0.1, -0.05) is 20.8 Å². The molecule has 2 N–H and O–H groups in total. The van der Waals surface area contributed by atoms with Crippen molar-refractivity contribution in [1.29, 1.82) is 0 Å². The van der Waals surface area contributed by atoms with Crippen LogP contribution in [0.3, 0.4) is 0 Å². The zero-order valence-corrected chi connectivity index (χ0v) is 23.0. The number of carbonyl (C=O) groups is 2. The minimum absolute atomic E-state index is 0.0430. The smallest absolute Gasteiger partial charge is 0.410 e. The first-order valence-electron chi connectivity index (χ1n) is 11.5. The largest absolute Gasteiger partial charge is 0.444 e. The normalized spacial score (nSPS) is 21.3. The van der Waals surface area contributed by atoms with Crippen molar-refractivity contribution in [1.82, 2.24) is 10.2 Å². The van der Waals surface area contributed by atoms with Gasteiger partial charge in [-0.25, -0.2) is 9.59 Å². The number of aliphatic hydroxyl groups is 1. The molecule has 1 fully saturated rings. The molecule has 0 aliphatic carbocycles. The van der Waals surface area contributed by atoms with Crippen LogP contribution in [0.5, 0.6) is 0 Å². The zero-order valence-electron chi connectivity index (χ0n) is 22.0. The third-order valence-electron chi connectivity index (χ3n) is 5.70. The van der Waals surface area contributed by atoms with Crippen LogP contribution in [0.1, 0.15) is 75.2 Å². The van der Waals surface area contributed by atoms with Gasteiger partial charge in [-0.2, -0.15) is 0 Å². The zero-order chi connectivity index (χ0) is 25.1. The fourth-order valence-electron chi connectivity index (χ4n) is 3.23. The Hall–Kier alpha value is -1.32. The monoisotopic (exact) mass is 474 g/mol. The van der Waals surface area contributed by atoms with Gasteiger partial charge in [0.25, 0.3) is 0 Å². The fraction of sp³-hybridized carbons (Fsp3) is 0.913. The van der Waals surface area contributed by atoms with Crippen LogP contribution in [-0.2, 0) is 13.9 Å². The number of aliphatic hydroxyl groups excluding tert-OH is 1. The van der Waals surface area contributed by atoms with Gasteiger partial charge >= 0.3 is 12.2 Å². The third kappa shape index (κ3) is 9.66. The molecule has 0 saturated carbocycles. The van der Waals surface area contributed by atoms with Crippen molar-refractivity contribution in [3.05, 3.63) is 0 Å². The first-order valence-corrected chi connectivity index (χ1v) is 14.4. The summed E-state index contributed by atoms with van der Waals surface area (Å²) in [6, 6.07) is -0.241. The molecule has 0 radical (unpaired) electrons. The van der Waals surface area contributed by atoms with Crippen LogP contribution in [0, 0.1) is 0 Å². The highest BCUT2D eigenvalue weighted by Crippen LogP contribution is 2.39. The molecule has 188 valence electrons. The molecule has 9 heteroatoms. The molecule has 1 rings (SSSR count). The maximum atomic E-state index is 12.9. The summed E-state index contributed by atoms with van der Waals surface area (Å²) in [7, 11) is -2.02. The van der Waals surface area contributed by atoms with Crippen LogP contribution in [-0.4, -0.2) is 73.1 Å². The van der Waals surface area contributed by atoms with Crippen molar-refractivity contribution in [3.8, 4) is 0 Å². The minimum atomic E-state index is -2.02. The van der Waals surface area contributed by atoms with E-state index in [-0.39, 0.29) is 23.7 Å². The Morgan fingerprint density at radius 1 is 1.03 bits per heavy atom. The maximum absolute atomic E-state index is 12.9. The SMILES string of the molecule is CC(C)(C)OC(=O)NC[C@H](O)C[C@@H]1C[C@@H](O[Si](C)(C)C(C)(C)C)CN1C(=O)OC(C)(C)C. The van der Waals surface area contributed by atoms with Crippen LogP contribution < -0.4 is 5.32 Å². The van der Waals surface area contributed by atoms with E-state index >= 15 is 0 Å². The second kappa shape index (κ2) is 10.3. The van der Waals surface area contributed by atoms with Gasteiger partial charge in [0.05, 0.1) is 12.2 Å². The van der Waals surface area contributed by atoms with E-state index in [1.54, 1.807) is 25.7 Å². The van der Waals surface area contributed by atoms with Crippen LogP contribution in [0.25, 0.3) is 0 Å². The Kier molecular flexibility index (Phi) is 9.24. The number of hydrogen-bond donors (Lipinski definition) is 2. The molecule has 0 aromatic rings. The topological polar surface area (TPSA) is 97.3 Å². The molecule has 1 saturated heterocycles. The van der Waals surface area contributed by atoms with Crippen LogP contribution in [0.4, 0.5) is 9.59 Å². The van der Waals surface area contributed by atoms with Crippen molar-refractivity contribution < 1.29 is 28.6 Å². The van der Waals surface area contributed by atoms with Gasteiger partial charge in [-0.15, -0.1) is 0 Å². The lowest BCUT2D eigenvalue weighted by molar-refractivity contribution is 0.0160. The van der Waals surface area contributed by atoms with Crippen LogP contribution in [0.2, 0.25) is 18.1 Å². The molecule has 0 bridgehead atoms. The molecule has 1 aliphatic rings. The summed E-state index contributed by atoms with van der Waals surface area (Å²) in [5.41, 5.74) is -1.22. The number of amides is 2. The highest BCUT2D eigenvalue weighted by molar-refractivity contribution is 6.74. The quantitative estimate of drug-likeness (QED) is 0.543. The molecule has 2 amide bonds. The van der Waals surface area contributed by atoms with Crippen LogP contribution >= 0.6 is 0 Å². The molecule has 0 spiro atoms. The summed E-state index contributed by atoms with van der Waals surface area (Å²) in [5.74, 6) is 0. The highest BCUT2D eigenvalue weighted by atomic mass is 28.4. The molecular formula is C23H46N2O6Si. The number of ether oxygens (including phenoxy) is 2. The Morgan fingerprint density at radius 3 is 2.03 bits per heavy atom.